The van der Waals surface area contributed by atoms with E-state index in [1.54, 1.807) is 11.0 Å². The number of hydrogen-bond acceptors (Lipinski definition) is 7. The lowest BCUT2D eigenvalue weighted by Gasteiger charge is -2.18. The molecular formula is C27H27N7O2. The summed E-state index contributed by atoms with van der Waals surface area (Å²) in [6.07, 6.45) is 6.60. The van der Waals surface area contributed by atoms with E-state index in [-0.39, 0.29) is 17.4 Å². The van der Waals surface area contributed by atoms with Gasteiger partial charge in [0.05, 0.1) is 17.0 Å². The first-order chi connectivity index (χ1) is 17.5. The first-order valence-electron chi connectivity index (χ1n) is 12.4. The number of carbonyl (C=O) groups excluding carboxylic acids is 1. The second-order valence-electron chi connectivity index (χ2n) is 10.4. The zero-order chi connectivity index (χ0) is 24.4. The van der Waals surface area contributed by atoms with Gasteiger partial charge in [0, 0.05) is 43.5 Å². The quantitative estimate of drug-likeness (QED) is 0.450. The Morgan fingerprint density at radius 2 is 1.97 bits per heavy atom. The summed E-state index contributed by atoms with van der Waals surface area (Å²) < 4.78 is 7.95. The van der Waals surface area contributed by atoms with Gasteiger partial charge in [-0.1, -0.05) is 30.3 Å². The molecule has 1 aromatic carbocycles. The lowest BCUT2D eigenvalue weighted by molar-refractivity contribution is -0.121. The van der Waals surface area contributed by atoms with Gasteiger partial charge >= 0.3 is 0 Å². The van der Waals surface area contributed by atoms with E-state index in [0.717, 1.165) is 49.2 Å². The first kappa shape index (κ1) is 21.4. The molecule has 2 atom stereocenters. The summed E-state index contributed by atoms with van der Waals surface area (Å²) in [5, 5.41) is 7.84. The molecule has 1 N–H and O–H groups in total. The first-order valence-corrected chi connectivity index (χ1v) is 12.4. The second kappa shape index (κ2) is 7.83. The number of aryl methyl sites for hydroxylation is 1. The molecule has 2 saturated carbocycles. The molecule has 0 unspecified atom stereocenters. The Hall–Kier alpha value is -3.85. The molecule has 7 rings (SSSR count). The fourth-order valence-electron chi connectivity index (χ4n) is 5.50. The minimum atomic E-state index is -0.317. The normalized spacial score (nSPS) is 23.0. The Balaban J connectivity index is 1.34. The molecule has 2 aliphatic carbocycles. The number of aromatic nitrogens is 5. The van der Waals surface area contributed by atoms with Crippen LogP contribution in [0, 0.1) is 11.3 Å². The number of piperidine rings is 1. The summed E-state index contributed by atoms with van der Waals surface area (Å²) in [5.74, 6) is 1.44. The van der Waals surface area contributed by atoms with E-state index in [0.29, 0.717) is 34.2 Å². The maximum absolute atomic E-state index is 13.4. The molecule has 4 aromatic rings. The van der Waals surface area contributed by atoms with Crippen molar-refractivity contribution in [1.29, 1.82) is 0 Å². The predicted molar refractivity (Wildman–Crippen MR) is 135 cm³/mol. The van der Waals surface area contributed by atoms with E-state index in [1.807, 2.05) is 49.6 Å². The van der Waals surface area contributed by atoms with Crippen molar-refractivity contribution >= 4 is 22.8 Å². The van der Waals surface area contributed by atoms with Crippen molar-refractivity contribution in [2.75, 3.05) is 25.5 Å². The molecule has 182 valence electrons. The number of pyridine rings is 1. The molecule has 1 amide bonds. The van der Waals surface area contributed by atoms with Gasteiger partial charge in [0.1, 0.15) is 23.2 Å². The van der Waals surface area contributed by atoms with Gasteiger partial charge in [-0.3, -0.25) is 9.48 Å². The highest BCUT2D eigenvalue weighted by Gasteiger charge is 2.64. The second-order valence-corrected chi connectivity index (χ2v) is 10.4. The molecular weight excluding hydrogens is 454 g/mol. The Labute approximate surface area is 208 Å². The van der Waals surface area contributed by atoms with E-state index in [2.05, 4.69) is 27.2 Å². The number of nitrogens with one attached hydrogen (secondary N) is 1. The third-order valence-corrected chi connectivity index (χ3v) is 7.52. The van der Waals surface area contributed by atoms with E-state index >= 15 is 0 Å². The van der Waals surface area contributed by atoms with Crippen molar-refractivity contribution in [3.63, 3.8) is 0 Å². The summed E-state index contributed by atoms with van der Waals surface area (Å²) in [6.45, 7) is 1.74. The van der Waals surface area contributed by atoms with Gasteiger partial charge in [-0.15, -0.1) is 0 Å². The molecule has 0 bridgehead atoms. The van der Waals surface area contributed by atoms with Crippen LogP contribution in [-0.4, -0.2) is 61.8 Å². The zero-order valence-corrected chi connectivity index (χ0v) is 20.3. The van der Waals surface area contributed by atoms with Gasteiger partial charge in [0.15, 0.2) is 11.6 Å². The van der Waals surface area contributed by atoms with E-state index in [4.69, 9.17) is 14.8 Å². The Morgan fingerprint density at radius 1 is 1.14 bits per heavy atom. The molecule has 1 saturated heterocycles. The van der Waals surface area contributed by atoms with Crippen molar-refractivity contribution in [2.45, 2.75) is 25.4 Å². The fraction of sp³-hybridized carbons (Fsp3) is 0.370. The number of hydrogen-bond donors (Lipinski definition) is 1. The van der Waals surface area contributed by atoms with Crippen LogP contribution in [0.1, 0.15) is 19.3 Å². The third kappa shape index (κ3) is 3.53. The molecule has 3 aliphatic rings. The van der Waals surface area contributed by atoms with Crippen LogP contribution >= 0.6 is 0 Å². The Morgan fingerprint density at radius 3 is 2.72 bits per heavy atom. The highest BCUT2D eigenvalue weighted by molar-refractivity contribution is 6.01. The van der Waals surface area contributed by atoms with Crippen LogP contribution < -0.4 is 10.1 Å². The topological polar surface area (TPSA) is 98.1 Å². The van der Waals surface area contributed by atoms with Gasteiger partial charge in [-0.2, -0.15) is 5.10 Å². The fourth-order valence-corrected chi connectivity index (χ4v) is 5.50. The van der Waals surface area contributed by atoms with Gasteiger partial charge in [0.25, 0.3) is 0 Å². The van der Waals surface area contributed by atoms with Crippen molar-refractivity contribution in [3.8, 4) is 28.3 Å². The summed E-state index contributed by atoms with van der Waals surface area (Å²) in [7, 11) is 3.96. The number of anilines is 1. The van der Waals surface area contributed by atoms with E-state index in [9.17, 15) is 4.79 Å². The van der Waals surface area contributed by atoms with E-state index in [1.165, 1.54) is 0 Å². The number of amides is 1. The van der Waals surface area contributed by atoms with Crippen molar-refractivity contribution in [2.24, 2.45) is 18.4 Å². The maximum Gasteiger partial charge on any atom is 0.233 e. The van der Waals surface area contributed by atoms with Crippen LogP contribution in [0.15, 0.2) is 48.9 Å². The number of benzene rings is 1. The van der Waals surface area contributed by atoms with Gasteiger partial charge in [-0.05, 0) is 32.2 Å². The summed E-state index contributed by atoms with van der Waals surface area (Å²) in [5.41, 5.74) is 4.29. The highest BCUT2D eigenvalue weighted by atomic mass is 16.5. The van der Waals surface area contributed by atoms with Crippen molar-refractivity contribution in [1.82, 2.24) is 29.6 Å². The molecule has 4 heterocycles. The molecule has 9 nitrogen and oxygen atoms in total. The smallest absolute Gasteiger partial charge is 0.233 e. The number of carbonyl (C=O) groups is 1. The molecule has 0 spiro atoms. The van der Waals surface area contributed by atoms with Crippen molar-refractivity contribution < 1.29 is 9.53 Å². The number of fused-ring (bicyclic) bond motifs is 2. The molecule has 3 fully saturated rings. The van der Waals surface area contributed by atoms with Crippen LogP contribution in [0.5, 0.6) is 5.75 Å². The zero-order valence-electron chi connectivity index (χ0n) is 20.3. The third-order valence-electron chi connectivity index (χ3n) is 7.52. The summed E-state index contributed by atoms with van der Waals surface area (Å²) in [4.78, 5) is 29.7. The monoisotopic (exact) mass is 481 g/mol. The van der Waals surface area contributed by atoms with Crippen molar-refractivity contribution in [3.05, 3.63) is 48.9 Å². The molecule has 9 heteroatoms. The predicted octanol–water partition coefficient (Wildman–Crippen LogP) is 3.52. The van der Waals surface area contributed by atoms with Gasteiger partial charge < -0.3 is 15.0 Å². The average Bonchev–Trinajstić information content (AvgIpc) is 3.75. The molecule has 0 radical (unpaired) electrons. The van der Waals surface area contributed by atoms with E-state index < -0.39 is 0 Å². The number of ether oxygens (including phenoxy) is 1. The lowest BCUT2D eigenvalue weighted by Crippen LogP contribution is -2.31. The minimum absolute atomic E-state index is 0.0223. The molecule has 36 heavy (non-hydrogen) atoms. The van der Waals surface area contributed by atoms with Crippen LogP contribution in [0.4, 0.5) is 5.82 Å². The van der Waals surface area contributed by atoms with Crippen LogP contribution in [-0.2, 0) is 11.8 Å². The Bertz CT molecular complexity index is 1500. The maximum atomic E-state index is 13.4. The van der Waals surface area contributed by atoms with Gasteiger partial charge in [0.2, 0.25) is 5.91 Å². The molecule has 3 aromatic heterocycles. The van der Waals surface area contributed by atoms with Crippen LogP contribution in [0.25, 0.3) is 33.5 Å². The molecule has 1 aliphatic heterocycles. The summed E-state index contributed by atoms with van der Waals surface area (Å²) in [6, 6.07) is 11.9. The Kier molecular flexibility index (Phi) is 4.66. The SMILES string of the molecule is CN1C[C@H]2C[C@@]2(C(=O)Nc2nc3c(-c4cn(C)nc4-c4ccccc4)ncnc3cc2OC2CC2)C1. The number of nitrogens with zero attached hydrogens (tertiary/aromatic N) is 6. The van der Waals surface area contributed by atoms with Crippen LogP contribution in [0.2, 0.25) is 0 Å². The minimum Gasteiger partial charge on any atom is -0.486 e. The largest absolute Gasteiger partial charge is 0.486 e. The van der Waals surface area contributed by atoms with Crippen LogP contribution in [0.3, 0.4) is 0 Å². The standard InChI is InChI=1S/C27H27N7O2/c1-33-12-17-11-27(17,14-33)26(35)31-25-21(36-18-8-9-18)10-20-24(30-25)23(29-15-28-20)19-13-34(2)32-22(19)16-6-4-3-5-7-16/h3-7,10,13,15,17-18H,8-9,11-12,14H2,1-2H3,(H,30,31,35)/t17-,27-/m1/s1. The number of rotatable bonds is 6. The number of likely N-dealkylation sites (tertiary alicyclic amines) is 1. The summed E-state index contributed by atoms with van der Waals surface area (Å²) >= 11 is 0. The lowest BCUT2D eigenvalue weighted by atomic mass is 10.0. The van der Waals surface area contributed by atoms with Gasteiger partial charge in [-0.25, -0.2) is 15.0 Å². The highest BCUT2D eigenvalue weighted by Crippen LogP contribution is 2.58. The average molecular weight is 482 g/mol.